The van der Waals surface area contributed by atoms with Gasteiger partial charge in [-0.25, -0.2) is 0 Å². The van der Waals surface area contributed by atoms with E-state index >= 15 is 0 Å². The summed E-state index contributed by atoms with van der Waals surface area (Å²) < 4.78 is 0. The molecule has 0 radical (unpaired) electrons. The van der Waals surface area contributed by atoms with Crippen LogP contribution in [0.5, 0.6) is 0 Å². The van der Waals surface area contributed by atoms with Gasteiger partial charge in [-0.05, 0) is 20.3 Å². The van der Waals surface area contributed by atoms with Crippen molar-refractivity contribution in [2.45, 2.75) is 26.4 Å². The molecule has 0 unspecified atom stereocenters. The summed E-state index contributed by atoms with van der Waals surface area (Å²) in [6.07, 6.45) is 3.06. The first-order chi connectivity index (χ1) is 5.18. The molecular weight excluding hydrogens is 138 g/mol. The van der Waals surface area contributed by atoms with Crippen LogP contribution in [0.3, 0.4) is 0 Å². The monoisotopic (exact) mass is 155 g/mol. The minimum atomic E-state index is -0.0828. The molecule has 1 fully saturated rings. The van der Waals surface area contributed by atoms with Crippen LogP contribution >= 0.6 is 0 Å². The Morgan fingerprint density at radius 1 is 1.64 bits per heavy atom. The molecule has 1 heterocycles. The average Bonchev–Trinajstić information content (AvgIpc) is 2.31. The molecule has 0 amide bonds. The lowest BCUT2D eigenvalue weighted by molar-refractivity contribution is 0.179. The van der Waals surface area contributed by atoms with E-state index in [-0.39, 0.29) is 6.10 Å². The van der Waals surface area contributed by atoms with Crippen LogP contribution < -0.4 is 0 Å². The van der Waals surface area contributed by atoms with Gasteiger partial charge in [0.15, 0.2) is 0 Å². The molecule has 1 aliphatic rings. The van der Waals surface area contributed by atoms with Crippen molar-refractivity contribution < 1.29 is 5.11 Å². The van der Waals surface area contributed by atoms with Gasteiger partial charge in [-0.15, -0.1) is 0 Å². The molecule has 1 rings (SSSR count). The van der Waals surface area contributed by atoms with Crippen LogP contribution in [0.15, 0.2) is 11.6 Å². The van der Waals surface area contributed by atoms with Gasteiger partial charge in [0.1, 0.15) is 0 Å². The van der Waals surface area contributed by atoms with Gasteiger partial charge in [0.25, 0.3) is 0 Å². The SMILES string of the molecule is CC(C)=CCN1CC[C@H](O)C1. The van der Waals surface area contributed by atoms with Crippen molar-refractivity contribution in [2.24, 2.45) is 0 Å². The topological polar surface area (TPSA) is 23.5 Å². The summed E-state index contributed by atoms with van der Waals surface area (Å²) in [5.41, 5.74) is 1.35. The number of hydrogen-bond donors (Lipinski definition) is 1. The average molecular weight is 155 g/mol. The molecule has 0 aliphatic carbocycles. The second kappa shape index (κ2) is 3.88. The van der Waals surface area contributed by atoms with Gasteiger partial charge >= 0.3 is 0 Å². The van der Waals surface area contributed by atoms with Gasteiger partial charge < -0.3 is 5.11 Å². The van der Waals surface area contributed by atoms with E-state index in [4.69, 9.17) is 0 Å². The molecular formula is C9H17NO. The third-order valence-electron chi connectivity index (χ3n) is 2.01. The van der Waals surface area contributed by atoms with E-state index in [1.807, 2.05) is 0 Å². The highest BCUT2D eigenvalue weighted by Crippen LogP contribution is 2.08. The predicted molar refractivity (Wildman–Crippen MR) is 46.5 cm³/mol. The van der Waals surface area contributed by atoms with Crippen molar-refractivity contribution in [3.8, 4) is 0 Å². The molecule has 0 aromatic carbocycles. The minimum Gasteiger partial charge on any atom is -0.392 e. The summed E-state index contributed by atoms with van der Waals surface area (Å²) in [7, 11) is 0. The molecule has 1 N–H and O–H groups in total. The lowest BCUT2D eigenvalue weighted by Crippen LogP contribution is -2.22. The van der Waals surface area contributed by atoms with Crippen molar-refractivity contribution in [1.82, 2.24) is 4.90 Å². The number of aliphatic hydroxyl groups is 1. The van der Waals surface area contributed by atoms with Gasteiger partial charge in [0.2, 0.25) is 0 Å². The van der Waals surface area contributed by atoms with Crippen LogP contribution in [0.1, 0.15) is 20.3 Å². The fourth-order valence-corrected chi connectivity index (χ4v) is 1.29. The first kappa shape index (κ1) is 8.75. The summed E-state index contributed by atoms with van der Waals surface area (Å²) >= 11 is 0. The highest BCUT2D eigenvalue weighted by Gasteiger charge is 2.18. The molecule has 0 bridgehead atoms. The zero-order valence-corrected chi connectivity index (χ0v) is 7.38. The molecule has 64 valence electrons. The molecule has 2 nitrogen and oxygen atoms in total. The Morgan fingerprint density at radius 3 is 2.82 bits per heavy atom. The summed E-state index contributed by atoms with van der Waals surface area (Å²) in [5.74, 6) is 0. The maximum Gasteiger partial charge on any atom is 0.0679 e. The molecule has 0 aromatic heterocycles. The van der Waals surface area contributed by atoms with Crippen molar-refractivity contribution in [3.63, 3.8) is 0 Å². The van der Waals surface area contributed by atoms with E-state index in [1.165, 1.54) is 5.57 Å². The van der Waals surface area contributed by atoms with E-state index in [0.717, 1.165) is 26.1 Å². The van der Waals surface area contributed by atoms with Crippen LogP contribution in [0, 0.1) is 0 Å². The van der Waals surface area contributed by atoms with Gasteiger partial charge in [0.05, 0.1) is 6.10 Å². The second-order valence-corrected chi connectivity index (χ2v) is 3.48. The zero-order chi connectivity index (χ0) is 8.27. The van der Waals surface area contributed by atoms with Crippen molar-refractivity contribution >= 4 is 0 Å². The molecule has 0 saturated carbocycles. The minimum absolute atomic E-state index is 0.0828. The lowest BCUT2D eigenvalue weighted by atomic mass is 10.3. The third kappa shape index (κ3) is 3.04. The largest absolute Gasteiger partial charge is 0.392 e. The smallest absolute Gasteiger partial charge is 0.0679 e. The van der Waals surface area contributed by atoms with E-state index in [0.29, 0.717) is 0 Å². The number of nitrogens with zero attached hydrogens (tertiary/aromatic N) is 1. The lowest BCUT2D eigenvalue weighted by Gasteiger charge is -2.11. The van der Waals surface area contributed by atoms with Crippen molar-refractivity contribution in [2.75, 3.05) is 19.6 Å². The fourth-order valence-electron chi connectivity index (χ4n) is 1.29. The Bertz CT molecular complexity index is 150. The second-order valence-electron chi connectivity index (χ2n) is 3.48. The molecule has 1 aliphatic heterocycles. The summed E-state index contributed by atoms with van der Waals surface area (Å²) in [5, 5.41) is 9.20. The Kier molecular flexibility index (Phi) is 3.09. The van der Waals surface area contributed by atoms with Gasteiger partial charge in [0, 0.05) is 19.6 Å². The third-order valence-corrected chi connectivity index (χ3v) is 2.01. The van der Waals surface area contributed by atoms with Crippen LogP contribution in [-0.2, 0) is 0 Å². The summed E-state index contributed by atoms with van der Waals surface area (Å²) in [4.78, 5) is 2.28. The molecule has 11 heavy (non-hydrogen) atoms. The molecule has 1 saturated heterocycles. The summed E-state index contributed by atoms with van der Waals surface area (Å²) in [6.45, 7) is 7.10. The van der Waals surface area contributed by atoms with Crippen molar-refractivity contribution in [1.29, 1.82) is 0 Å². The van der Waals surface area contributed by atoms with Gasteiger partial charge in [-0.1, -0.05) is 11.6 Å². The van der Waals surface area contributed by atoms with Crippen LogP contribution in [0.25, 0.3) is 0 Å². The number of β-amino-alcohol motifs (C(OH)–C–C–N with tert-alkyl or cyclic N) is 1. The van der Waals surface area contributed by atoms with Gasteiger partial charge in [-0.2, -0.15) is 0 Å². The van der Waals surface area contributed by atoms with E-state index in [9.17, 15) is 5.11 Å². The molecule has 2 heteroatoms. The van der Waals surface area contributed by atoms with E-state index < -0.39 is 0 Å². The predicted octanol–water partition coefficient (Wildman–Crippen LogP) is 1.02. The number of aliphatic hydroxyl groups excluding tert-OH is 1. The Balaban J connectivity index is 2.23. The Morgan fingerprint density at radius 2 is 2.36 bits per heavy atom. The highest BCUT2D eigenvalue weighted by molar-refractivity contribution is 4.95. The zero-order valence-electron chi connectivity index (χ0n) is 7.38. The molecule has 0 aromatic rings. The Labute approximate surface area is 68.5 Å². The fraction of sp³-hybridized carbons (Fsp3) is 0.778. The highest BCUT2D eigenvalue weighted by atomic mass is 16.3. The van der Waals surface area contributed by atoms with Crippen LogP contribution in [-0.4, -0.2) is 35.7 Å². The molecule has 1 atom stereocenters. The van der Waals surface area contributed by atoms with E-state index in [1.54, 1.807) is 0 Å². The van der Waals surface area contributed by atoms with Crippen molar-refractivity contribution in [3.05, 3.63) is 11.6 Å². The standard InChI is InChI=1S/C9H17NO/c1-8(2)3-5-10-6-4-9(11)7-10/h3,9,11H,4-7H2,1-2H3/t9-/m0/s1. The van der Waals surface area contributed by atoms with Crippen LogP contribution in [0.2, 0.25) is 0 Å². The normalized spacial score (nSPS) is 25.5. The number of rotatable bonds is 2. The number of allylic oxidation sites excluding steroid dienone is 1. The first-order valence-corrected chi connectivity index (χ1v) is 4.22. The number of hydrogen-bond acceptors (Lipinski definition) is 2. The Hall–Kier alpha value is -0.340. The maximum absolute atomic E-state index is 9.20. The van der Waals surface area contributed by atoms with Gasteiger partial charge in [-0.3, -0.25) is 4.90 Å². The van der Waals surface area contributed by atoms with Crippen LogP contribution in [0.4, 0.5) is 0 Å². The first-order valence-electron chi connectivity index (χ1n) is 4.22. The quantitative estimate of drug-likeness (QED) is 0.602. The number of likely N-dealkylation sites (tertiary alicyclic amines) is 1. The summed E-state index contributed by atoms with van der Waals surface area (Å²) in [6, 6.07) is 0. The molecule has 0 spiro atoms. The maximum atomic E-state index is 9.20. The van der Waals surface area contributed by atoms with E-state index in [2.05, 4.69) is 24.8 Å².